The number of aliphatic hydroxyl groups excluding tert-OH is 1. The number of carbonyl (C=O) groups is 1. The van der Waals surface area contributed by atoms with Gasteiger partial charge < -0.3 is 25.1 Å². The maximum atomic E-state index is 10.2. The number of hydrogen-bond acceptors (Lipinski definition) is 6. The highest BCUT2D eigenvalue weighted by Crippen LogP contribution is 1.93. The predicted octanol–water partition coefficient (Wildman–Crippen LogP) is -1.65. The Labute approximate surface area is 75.5 Å². The second kappa shape index (κ2) is 6.61. The number of ether oxygens (including phenoxy) is 3. The molecule has 0 bridgehead atoms. The number of rotatable bonds is 6. The van der Waals surface area contributed by atoms with Crippen LogP contribution in [-0.4, -0.2) is 44.0 Å². The van der Waals surface area contributed by atoms with E-state index >= 15 is 0 Å². The Balaban J connectivity index is 3.57. The normalized spacial score (nSPS) is 15.0. The molecule has 2 atom stereocenters. The first-order valence-corrected chi connectivity index (χ1v) is 3.56. The van der Waals surface area contributed by atoms with Crippen molar-refractivity contribution in [1.82, 2.24) is 0 Å². The summed E-state index contributed by atoms with van der Waals surface area (Å²) < 4.78 is 13.9. The van der Waals surface area contributed by atoms with Gasteiger partial charge in [0.2, 0.25) is 6.41 Å². The van der Waals surface area contributed by atoms with Crippen molar-refractivity contribution in [1.29, 1.82) is 0 Å². The van der Waals surface area contributed by atoms with Gasteiger partial charge in [0.25, 0.3) is 0 Å². The van der Waals surface area contributed by atoms with Gasteiger partial charge in [-0.2, -0.15) is 0 Å². The quantitative estimate of drug-likeness (QED) is 0.436. The molecule has 2 unspecified atom stereocenters. The van der Waals surface area contributed by atoms with E-state index in [1.165, 1.54) is 7.11 Å². The molecule has 5 N–H and O–H groups in total. The fourth-order valence-corrected chi connectivity index (χ4v) is 0.565. The summed E-state index contributed by atoms with van der Waals surface area (Å²) in [5.74, 6) is 0. The second-order valence-corrected chi connectivity index (χ2v) is 2.21. The van der Waals surface area contributed by atoms with Crippen molar-refractivity contribution in [3.8, 4) is 0 Å². The van der Waals surface area contributed by atoms with Crippen LogP contribution in [0.4, 0.5) is 4.79 Å². The van der Waals surface area contributed by atoms with Crippen molar-refractivity contribution in [2.45, 2.75) is 12.5 Å². The molecule has 0 aliphatic carbocycles. The molecule has 0 aromatic carbocycles. The average molecular weight is 194 g/mol. The van der Waals surface area contributed by atoms with E-state index in [2.05, 4.69) is 9.47 Å². The Hall–Kier alpha value is -0.890. The number of methoxy groups -OCH3 is 1. The van der Waals surface area contributed by atoms with Crippen LogP contribution in [0, 0.1) is 0 Å². The van der Waals surface area contributed by atoms with Gasteiger partial charge in [-0.15, -0.1) is 0 Å². The monoisotopic (exact) mass is 194 g/mol. The third kappa shape index (κ3) is 7.47. The molecule has 0 aromatic heterocycles. The van der Waals surface area contributed by atoms with Gasteiger partial charge in [0.05, 0.1) is 6.61 Å². The second-order valence-electron chi connectivity index (χ2n) is 2.21. The van der Waals surface area contributed by atoms with Gasteiger partial charge in [0, 0.05) is 7.11 Å². The number of amides is 1. The fraction of sp³-hybridized carbons (Fsp3) is 0.833. The molecular formula is C6H14N2O5. The molecule has 7 nitrogen and oxygen atoms in total. The SMILES string of the molecule is COC(COC(N)=O)COC(N)O. The number of carbonyl (C=O) groups excluding carboxylic acids is 1. The molecule has 0 saturated heterocycles. The van der Waals surface area contributed by atoms with Crippen molar-refractivity contribution in [2.75, 3.05) is 20.3 Å². The standard InChI is InChI=1S/C6H14N2O5/c1-11-4(2-12-5(7)9)3-13-6(8)10/h4-5,9H,2-3,7H2,1H3,(H2,8,10). The van der Waals surface area contributed by atoms with E-state index in [-0.39, 0.29) is 13.2 Å². The molecule has 0 aliphatic heterocycles. The smallest absolute Gasteiger partial charge is 0.404 e. The molecular weight excluding hydrogens is 180 g/mol. The maximum Gasteiger partial charge on any atom is 0.404 e. The van der Waals surface area contributed by atoms with E-state index in [1.54, 1.807) is 0 Å². The van der Waals surface area contributed by atoms with E-state index in [0.29, 0.717) is 0 Å². The van der Waals surface area contributed by atoms with Gasteiger partial charge >= 0.3 is 6.09 Å². The molecule has 1 amide bonds. The molecule has 0 aromatic rings. The summed E-state index contributed by atoms with van der Waals surface area (Å²) in [5, 5.41) is 8.54. The number of aliphatic hydroxyl groups is 1. The summed E-state index contributed by atoms with van der Waals surface area (Å²) in [6.45, 7) is -0.0278. The number of nitrogens with two attached hydrogens (primary N) is 2. The molecule has 0 spiro atoms. The molecule has 0 fully saturated rings. The first-order valence-electron chi connectivity index (χ1n) is 3.56. The van der Waals surface area contributed by atoms with Crippen LogP contribution in [0.2, 0.25) is 0 Å². The van der Waals surface area contributed by atoms with Gasteiger partial charge in [-0.3, -0.25) is 5.73 Å². The third-order valence-corrected chi connectivity index (χ3v) is 1.20. The van der Waals surface area contributed by atoms with Gasteiger partial charge in [0.1, 0.15) is 12.7 Å². The van der Waals surface area contributed by atoms with E-state index in [0.717, 1.165) is 0 Å². The first-order chi connectivity index (χ1) is 6.06. The topological polar surface area (TPSA) is 117 Å². The molecule has 0 heterocycles. The Morgan fingerprint density at radius 1 is 1.54 bits per heavy atom. The van der Waals surface area contributed by atoms with Crippen molar-refractivity contribution < 1.29 is 24.1 Å². The van der Waals surface area contributed by atoms with Crippen LogP contribution in [0.1, 0.15) is 0 Å². The zero-order chi connectivity index (χ0) is 10.3. The minimum absolute atomic E-state index is 0.0153. The molecule has 7 heteroatoms. The van der Waals surface area contributed by atoms with Crippen molar-refractivity contribution >= 4 is 6.09 Å². The van der Waals surface area contributed by atoms with Crippen molar-refractivity contribution in [3.05, 3.63) is 0 Å². The molecule has 0 aliphatic rings. The Morgan fingerprint density at radius 3 is 2.54 bits per heavy atom. The van der Waals surface area contributed by atoms with Crippen LogP contribution in [0.5, 0.6) is 0 Å². The average Bonchev–Trinajstić information content (AvgIpc) is 2.04. The molecule has 13 heavy (non-hydrogen) atoms. The summed E-state index contributed by atoms with van der Waals surface area (Å²) in [7, 11) is 1.40. The highest BCUT2D eigenvalue weighted by Gasteiger charge is 2.10. The number of primary amides is 1. The lowest BCUT2D eigenvalue weighted by atomic mass is 10.4. The Morgan fingerprint density at radius 2 is 2.15 bits per heavy atom. The molecule has 78 valence electrons. The van der Waals surface area contributed by atoms with E-state index in [9.17, 15) is 4.79 Å². The fourth-order valence-electron chi connectivity index (χ4n) is 0.565. The Kier molecular flexibility index (Phi) is 6.15. The zero-order valence-electron chi connectivity index (χ0n) is 7.30. The Bertz CT molecular complexity index is 152. The summed E-state index contributed by atoms with van der Waals surface area (Å²) >= 11 is 0. The number of hydrogen-bond donors (Lipinski definition) is 3. The van der Waals surface area contributed by atoms with Gasteiger partial charge in [0.15, 0.2) is 0 Å². The predicted molar refractivity (Wildman–Crippen MR) is 42.5 cm³/mol. The van der Waals surface area contributed by atoms with Crippen molar-refractivity contribution in [3.63, 3.8) is 0 Å². The minimum atomic E-state index is -1.37. The van der Waals surface area contributed by atoms with Gasteiger partial charge in [-0.25, -0.2) is 4.79 Å². The van der Waals surface area contributed by atoms with Crippen LogP contribution in [-0.2, 0) is 14.2 Å². The lowest BCUT2D eigenvalue weighted by molar-refractivity contribution is -0.128. The van der Waals surface area contributed by atoms with Crippen molar-refractivity contribution in [2.24, 2.45) is 11.5 Å². The summed E-state index contributed by atoms with van der Waals surface area (Å²) in [6, 6.07) is 0. The summed E-state index contributed by atoms with van der Waals surface area (Å²) in [6.07, 6.45) is -2.76. The van der Waals surface area contributed by atoms with Crippen LogP contribution in [0.15, 0.2) is 0 Å². The zero-order valence-corrected chi connectivity index (χ0v) is 7.30. The van der Waals surface area contributed by atoms with Crippen LogP contribution >= 0.6 is 0 Å². The molecule has 0 saturated carbocycles. The van der Waals surface area contributed by atoms with Crippen LogP contribution in [0.25, 0.3) is 0 Å². The highest BCUT2D eigenvalue weighted by molar-refractivity contribution is 5.64. The lowest BCUT2D eigenvalue weighted by Crippen LogP contribution is -2.32. The van der Waals surface area contributed by atoms with E-state index in [4.69, 9.17) is 21.3 Å². The van der Waals surface area contributed by atoms with Crippen LogP contribution < -0.4 is 11.5 Å². The van der Waals surface area contributed by atoms with Gasteiger partial charge in [-0.05, 0) is 0 Å². The minimum Gasteiger partial charge on any atom is -0.447 e. The summed E-state index contributed by atoms with van der Waals surface area (Å²) in [4.78, 5) is 10.2. The molecule has 0 rings (SSSR count). The first kappa shape index (κ1) is 12.1. The van der Waals surface area contributed by atoms with E-state index < -0.39 is 18.6 Å². The molecule has 0 radical (unpaired) electrons. The lowest BCUT2D eigenvalue weighted by Gasteiger charge is -2.15. The van der Waals surface area contributed by atoms with Gasteiger partial charge in [-0.1, -0.05) is 0 Å². The van der Waals surface area contributed by atoms with Crippen LogP contribution in [0.3, 0.4) is 0 Å². The largest absolute Gasteiger partial charge is 0.447 e. The maximum absolute atomic E-state index is 10.2. The third-order valence-electron chi connectivity index (χ3n) is 1.20. The highest BCUT2D eigenvalue weighted by atomic mass is 16.6. The summed E-state index contributed by atoms with van der Waals surface area (Å²) in [5.41, 5.74) is 9.62. The van der Waals surface area contributed by atoms with E-state index in [1.807, 2.05) is 0 Å².